The smallest absolute Gasteiger partial charge is 0.258 e. The number of benzene rings is 1. The molecule has 0 atom stereocenters. The normalized spacial score (nSPS) is 13.2. The van der Waals surface area contributed by atoms with Crippen molar-refractivity contribution in [1.82, 2.24) is 10.3 Å². The average Bonchev–Trinajstić information content (AvgIpc) is 3.05. The number of carbonyl (C=O) groups is 3. The summed E-state index contributed by atoms with van der Waals surface area (Å²) in [5, 5.41) is 5.41. The van der Waals surface area contributed by atoms with Gasteiger partial charge in [-0.1, -0.05) is 13.8 Å². The lowest BCUT2D eigenvalue weighted by atomic mass is 10.1. The van der Waals surface area contributed by atoms with Crippen molar-refractivity contribution in [3.8, 4) is 0 Å². The third-order valence-corrected chi connectivity index (χ3v) is 4.52. The number of hydrogen-bond acceptors (Lipinski definition) is 5. The number of thiazole rings is 1. The molecule has 2 N–H and O–H groups in total. The molecule has 0 saturated carbocycles. The second-order valence-electron chi connectivity index (χ2n) is 5.22. The van der Waals surface area contributed by atoms with Crippen LogP contribution in [0, 0.1) is 0 Å². The van der Waals surface area contributed by atoms with E-state index in [0.29, 0.717) is 16.6 Å². The largest absolute Gasteiger partial charge is 0.298 e. The topological polar surface area (TPSA) is 88.2 Å². The molecule has 0 aliphatic carbocycles. The van der Waals surface area contributed by atoms with Gasteiger partial charge in [0.25, 0.3) is 17.7 Å². The number of nitrogens with zero attached hydrogens (tertiary/aromatic N) is 1. The lowest BCUT2D eigenvalue weighted by Crippen LogP contribution is -2.19. The third kappa shape index (κ3) is 2.50. The van der Waals surface area contributed by atoms with E-state index in [-0.39, 0.29) is 17.0 Å². The molecular formula is C15H13N3O3S. The van der Waals surface area contributed by atoms with Crippen molar-refractivity contribution in [2.24, 2.45) is 0 Å². The van der Waals surface area contributed by atoms with Gasteiger partial charge >= 0.3 is 0 Å². The zero-order chi connectivity index (χ0) is 15.9. The number of amides is 3. The number of fused-ring (bicyclic) bond motifs is 1. The van der Waals surface area contributed by atoms with E-state index in [1.54, 1.807) is 6.20 Å². The molecule has 2 heterocycles. The molecule has 1 aromatic heterocycles. The summed E-state index contributed by atoms with van der Waals surface area (Å²) in [6.07, 6.45) is 1.74. The third-order valence-electron chi connectivity index (χ3n) is 3.31. The van der Waals surface area contributed by atoms with E-state index in [1.165, 1.54) is 29.5 Å². The van der Waals surface area contributed by atoms with Crippen molar-refractivity contribution in [3.05, 3.63) is 46.0 Å². The van der Waals surface area contributed by atoms with Crippen LogP contribution in [0.2, 0.25) is 0 Å². The Bertz CT molecular complexity index is 795. The molecule has 0 radical (unpaired) electrons. The highest BCUT2D eigenvalue weighted by atomic mass is 32.1. The van der Waals surface area contributed by atoms with Crippen LogP contribution in [0.25, 0.3) is 0 Å². The molecule has 1 aliphatic rings. The summed E-state index contributed by atoms with van der Waals surface area (Å²) >= 11 is 1.41. The molecule has 0 spiro atoms. The molecular weight excluding hydrogens is 302 g/mol. The highest BCUT2D eigenvalue weighted by Crippen LogP contribution is 2.26. The fourth-order valence-corrected chi connectivity index (χ4v) is 2.90. The molecule has 0 unspecified atom stereocenters. The Morgan fingerprint density at radius 1 is 1.23 bits per heavy atom. The molecule has 112 valence electrons. The Morgan fingerprint density at radius 3 is 2.64 bits per heavy atom. The van der Waals surface area contributed by atoms with Gasteiger partial charge in [-0.05, 0) is 24.1 Å². The second-order valence-corrected chi connectivity index (χ2v) is 6.28. The molecule has 0 saturated heterocycles. The Labute approximate surface area is 130 Å². The van der Waals surface area contributed by atoms with Crippen LogP contribution in [0.15, 0.2) is 24.4 Å². The second kappa shape index (κ2) is 5.34. The Balaban J connectivity index is 1.82. The lowest BCUT2D eigenvalue weighted by Gasteiger charge is -2.03. The zero-order valence-corrected chi connectivity index (χ0v) is 12.8. The summed E-state index contributed by atoms with van der Waals surface area (Å²) in [6.45, 7) is 4.10. The van der Waals surface area contributed by atoms with Crippen LogP contribution in [-0.2, 0) is 0 Å². The van der Waals surface area contributed by atoms with Crippen LogP contribution >= 0.6 is 11.3 Å². The molecule has 3 rings (SSSR count). The summed E-state index contributed by atoms with van der Waals surface area (Å²) in [4.78, 5) is 40.5. The molecule has 0 fully saturated rings. The minimum atomic E-state index is -0.481. The summed E-state index contributed by atoms with van der Waals surface area (Å²) in [7, 11) is 0. The van der Waals surface area contributed by atoms with Crippen molar-refractivity contribution >= 4 is 34.2 Å². The summed E-state index contributed by atoms with van der Waals surface area (Å²) in [5.41, 5.74) is 0.822. The van der Waals surface area contributed by atoms with Crippen LogP contribution in [-0.4, -0.2) is 22.7 Å². The van der Waals surface area contributed by atoms with Crippen molar-refractivity contribution < 1.29 is 14.4 Å². The van der Waals surface area contributed by atoms with Crippen molar-refractivity contribution in [2.45, 2.75) is 19.8 Å². The molecule has 7 heteroatoms. The summed E-state index contributed by atoms with van der Waals surface area (Å²) in [6, 6.07) is 4.41. The number of hydrogen-bond donors (Lipinski definition) is 2. The number of imide groups is 1. The van der Waals surface area contributed by atoms with Crippen molar-refractivity contribution in [1.29, 1.82) is 0 Å². The summed E-state index contributed by atoms with van der Waals surface area (Å²) in [5.74, 6) is -0.933. The number of nitrogens with one attached hydrogen (secondary N) is 2. The maximum Gasteiger partial charge on any atom is 0.258 e. The molecule has 2 aromatic rings. The predicted molar refractivity (Wildman–Crippen MR) is 82.4 cm³/mol. The van der Waals surface area contributed by atoms with Crippen molar-refractivity contribution in [2.75, 3.05) is 5.32 Å². The number of carbonyl (C=O) groups excluding carboxylic acids is 3. The van der Waals surface area contributed by atoms with E-state index in [0.717, 1.165) is 4.88 Å². The van der Waals surface area contributed by atoms with E-state index in [2.05, 4.69) is 29.5 Å². The van der Waals surface area contributed by atoms with Gasteiger partial charge in [0.15, 0.2) is 5.13 Å². The summed E-state index contributed by atoms with van der Waals surface area (Å²) < 4.78 is 0. The quantitative estimate of drug-likeness (QED) is 0.851. The van der Waals surface area contributed by atoms with E-state index < -0.39 is 11.8 Å². The monoisotopic (exact) mass is 315 g/mol. The first-order valence-electron chi connectivity index (χ1n) is 6.72. The van der Waals surface area contributed by atoms with Crippen LogP contribution in [0.5, 0.6) is 0 Å². The Morgan fingerprint density at radius 2 is 1.95 bits per heavy atom. The lowest BCUT2D eigenvalue weighted by molar-refractivity contribution is 0.0879. The van der Waals surface area contributed by atoms with Gasteiger partial charge in [0.1, 0.15) is 0 Å². The van der Waals surface area contributed by atoms with E-state index in [9.17, 15) is 14.4 Å². The minimum absolute atomic E-state index is 0.222. The van der Waals surface area contributed by atoms with Crippen LogP contribution < -0.4 is 10.6 Å². The van der Waals surface area contributed by atoms with Gasteiger partial charge < -0.3 is 0 Å². The molecule has 1 aromatic carbocycles. The van der Waals surface area contributed by atoms with Gasteiger partial charge in [-0.2, -0.15) is 0 Å². The predicted octanol–water partition coefficient (Wildman–Crippen LogP) is 2.40. The Hall–Kier alpha value is -2.54. The van der Waals surface area contributed by atoms with Crippen LogP contribution in [0.4, 0.5) is 5.13 Å². The molecule has 0 bridgehead atoms. The Kier molecular flexibility index (Phi) is 3.50. The van der Waals surface area contributed by atoms with Gasteiger partial charge in [-0.3, -0.25) is 25.0 Å². The number of anilines is 1. The number of aromatic nitrogens is 1. The fraction of sp³-hybridized carbons (Fsp3) is 0.200. The van der Waals surface area contributed by atoms with Gasteiger partial charge in [0.2, 0.25) is 0 Å². The minimum Gasteiger partial charge on any atom is -0.298 e. The van der Waals surface area contributed by atoms with Crippen molar-refractivity contribution in [3.63, 3.8) is 0 Å². The molecule has 22 heavy (non-hydrogen) atoms. The van der Waals surface area contributed by atoms with Gasteiger partial charge in [-0.15, -0.1) is 11.3 Å². The van der Waals surface area contributed by atoms with E-state index in [1.807, 2.05) is 0 Å². The maximum absolute atomic E-state index is 12.2. The fourth-order valence-electron chi connectivity index (χ4n) is 2.09. The zero-order valence-electron chi connectivity index (χ0n) is 12.0. The highest BCUT2D eigenvalue weighted by molar-refractivity contribution is 7.15. The molecule has 3 amide bonds. The SMILES string of the molecule is CC(C)c1cnc(NC(=O)c2ccc3c(c2)C(=O)NC3=O)s1. The number of rotatable bonds is 3. The first-order chi connectivity index (χ1) is 10.5. The first kappa shape index (κ1) is 14.4. The van der Waals surface area contributed by atoms with Crippen LogP contribution in [0.3, 0.4) is 0 Å². The standard InChI is InChI=1S/C15H13N3O3S/c1-7(2)11-6-16-15(22-11)18-12(19)8-3-4-9-10(5-8)14(21)17-13(9)20/h3-7H,1-2H3,(H,16,18,19)(H,17,20,21). The maximum atomic E-state index is 12.2. The van der Waals surface area contributed by atoms with Crippen LogP contribution in [0.1, 0.15) is 55.7 Å². The van der Waals surface area contributed by atoms with Gasteiger partial charge in [0.05, 0.1) is 11.1 Å². The average molecular weight is 315 g/mol. The first-order valence-corrected chi connectivity index (χ1v) is 7.54. The van der Waals surface area contributed by atoms with E-state index in [4.69, 9.17) is 0 Å². The van der Waals surface area contributed by atoms with Gasteiger partial charge in [0, 0.05) is 16.6 Å². The van der Waals surface area contributed by atoms with Gasteiger partial charge in [-0.25, -0.2) is 4.98 Å². The molecule has 1 aliphatic heterocycles. The van der Waals surface area contributed by atoms with E-state index >= 15 is 0 Å². The highest BCUT2D eigenvalue weighted by Gasteiger charge is 2.27. The molecule has 6 nitrogen and oxygen atoms in total.